The molecule has 0 N–H and O–H groups in total. The molecule has 0 aliphatic carbocycles. The van der Waals surface area contributed by atoms with Gasteiger partial charge in [-0.25, -0.2) is 9.78 Å². The fraction of sp³-hybridized carbons (Fsp3) is 0.300. The molecule has 2 aromatic rings. The van der Waals surface area contributed by atoms with E-state index in [2.05, 4.69) is 14.9 Å². The van der Waals surface area contributed by atoms with Gasteiger partial charge in [0.05, 0.1) is 12.2 Å². The Labute approximate surface area is 158 Å². The summed E-state index contributed by atoms with van der Waals surface area (Å²) in [6.45, 7) is 4.74. The molecule has 7 nitrogen and oxygen atoms in total. The van der Waals surface area contributed by atoms with Gasteiger partial charge in [-0.2, -0.15) is 0 Å². The number of rotatable bonds is 5. The number of aromatic nitrogens is 2. The summed E-state index contributed by atoms with van der Waals surface area (Å²) in [5.74, 6) is 0.414. The van der Waals surface area contributed by atoms with Crippen LogP contribution in [0.4, 0.5) is 5.82 Å². The average Bonchev–Trinajstić information content (AvgIpc) is 2.73. The van der Waals surface area contributed by atoms with Gasteiger partial charge in [0.15, 0.2) is 0 Å². The van der Waals surface area contributed by atoms with Gasteiger partial charge in [-0.3, -0.25) is 9.78 Å². The molecule has 27 heavy (non-hydrogen) atoms. The smallest absolute Gasteiger partial charge is 0.339 e. The second-order valence-electron chi connectivity index (χ2n) is 6.06. The van der Waals surface area contributed by atoms with E-state index in [1.807, 2.05) is 23.1 Å². The number of anilines is 1. The van der Waals surface area contributed by atoms with Crippen LogP contribution in [0.15, 0.2) is 48.9 Å². The van der Waals surface area contributed by atoms with Crippen molar-refractivity contribution in [1.29, 1.82) is 0 Å². The quantitative estimate of drug-likeness (QED) is 0.595. The van der Waals surface area contributed by atoms with E-state index in [0.29, 0.717) is 38.3 Å². The van der Waals surface area contributed by atoms with Crippen LogP contribution in [0.5, 0.6) is 0 Å². The average molecular weight is 366 g/mol. The molecule has 1 aliphatic heterocycles. The molecule has 3 heterocycles. The SMILES string of the molecule is CCOC(=O)c1ccc(N2CCN(C(=O)/C=C/c3cccnc3)CC2)nc1. The van der Waals surface area contributed by atoms with E-state index in [1.165, 1.54) is 6.20 Å². The van der Waals surface area contributed by atoms with Crippen LogP contribution in [-0.2, 0) is 9.53 Å². The monoisotopic (exact) mass is 366 g/mol. The normalized spacial score (nSPS) is 14.4. The number of ether oxygens (including phenoxy) is 1. The van der Waals surface area contributed by atoms with Gasteiger partial charge < -0.3 is 14.5 Å². The number of carbonyl (C=O) groups is 2. The lowest BCUT2D eigenvalue weighted by Crippen LogP contribution is -2.48. The summed E-state index contributed by atoms with van der Waals surface area (Å²) in [5.41, 5.74) is 1.34. The highest BCUT2D eigenvalue weighted by atomic mass is 16.5. The Morgan fingerprint density at radius 3 is 2.59 bits per heavy atom. The largest absolute Gasteiger partial charge is 0.462 e. The molecule has 0 aromatic carbocycles. The van der Waals surface area contributed by atoms with Crippen molar-refractivity contribution in [1.82, 2.24) is 14.9 Å². The van der Waals surface area contributed by atoms with Crippen molar-refractivity contribution in [2.24, 2.45) is 0 Å². The molecule has 7 heteroatoms. The van der Waals surface area contributed by atoms with Crippen molar-refractivity contribution in [2.75, 3.05) is 37.7 Å². The Hall–Kier alpha value is -3.22. The molecular weight excluding hydrogens is 344 g/mol. The zero-order chi connectivity index (χ0) is 19.1. The molecule has 0 spiro atoms. The van der Waals surface area contributed by atoms with E-state index >= 15 is 0 Å². The van der Waals surface area contributed by atoms with Gasteiger partial charge in [0, 0.05) is 50.8 Å². The molecule has 0 atom stereocenters. The Kier molecular flexibility index (Phi) is 6.14. The number of esters is 1. The maximum absolute atomic E-state index is 12.3. The Balaban J connectivity index is 1.53. The van der Waals surface area contributed by atoms with Gasteiger partial charge in [-0.1, -0.05) is 6.07 Å². The van der Waals surface area contributed by atoms with Gasteiger partial charge in [-0.15, -0.1) is 0 Å². The van der Waals surface area contributed by atoms with Crippen LogP contribution in [-0.4, -0.2) is 59.5 Å². The molecule has 1 amide bonds. The van der Waals surface area contributed by atoms with Crippen LogP contribution in [0.2, 0.25) is 0 Å². The number of amides is 1. The highest BCUT2D eigenvalue weighted by molar-refractivity contribution is 5.92. The number of pyridine rings is 2. The van der Waals surface area contributed by atoms with Crippen LogP contribution in [0.25, 0.3) is 6.08 Å². The summed E-state index contributed by atoms with van der Waals surface area (Å²) >= 11 is 0. The van der Waals surface area contributed by atoms with E-state index in [-0.39, 0.29) is 11.9 Å². The number of carbonyl (C=O) groups excluding carboxylic acids is 2. The molecule has 3 rings (SSSR count). The van der Waals surface area contributed by atoms with Gasteiger partial charge in [-0.05, 0) is 36.8 Å². The fourth-order valence-electron chi connectivity index (χ4n) is 2.81. The lowest BCUT2D eigenvalue weighted by molar-refractivity contribution is -0.126. The minimum Gasteiger partial charge on any atom is -0.462 e. The number of piperazine rings is 1. The molecule has 1 saturated heterocycles. The fourth-order valence-corrected chi connectivity index (χ4v) is 2.81. The summed E-state index contributed by atoms with van der Waals surface area (Å²) in [4.78, 5) is 36.3. The minimum absolute atomic E-state index is 0.0101. The van der Waals surface area contributed by atoms with Crippen molar-refractivity contribution < 1.29 is 14.3 Å². The summed E-state index contributed by atoms with van der Waals surface area (Å²) in [5, 5.41) is 0. The summed E-state index contributed by atoms with van der Waals surface area (Å²) in [6.07, 6.45) is 8.30. The third-order valence-corrected chi connectivity index (χ3v) is 4.28. The van der Waals surface area contributed by atoms with E-state index in [4.69, 9.17) is 4.74 Å². The predicted molar refractivity (Wildman–Crippen MR) is 102 cm³/mol. The Bertz CT molecular complexity index is 798. The van der Waals surface area contributed by atoms with Gasteiger partial charge in [0.1, 0.15) is 5.82 Å². The molecule has 0 radical (unpaired) electrons. The number of hydrogen-bond donors (Lipinski definition) is 0. The van der Waals surface area contributed by atoms with Crippen LogP contribution >= 0.6 is 0 Å². The lowest BCUT2D eigenvalue weighted by atomic mass is 10.2. The first kappa shape index (κ1) is 18.6. The third kappa shape index (κ3) is 4.91. The maximum atomic E-state index is 12.3. The van der Waals surface area contributed by atoms with Crippen LogP contribution in [0, 0.1) is 0 Å². The molecule has 1 aliphatic rings. The number of nitrogens with zero attached hydrogens (tertiary/aromatic N) is 4. The van der Waals surface area contributed by atoms with Crippen molar-refractivity contribution in [3.05, 3.63) is 60.1 Å². The van der Waals surface area contributed by atoms with Crippen molar-refractivity contribution in [3.63, 3.8) is 0 Å². The van der Waals surface area contributed by atoms with E-state index in [1.54, 1.807) is 37.5 Å². The van der Waals surface area contributed by atoms with Crippen molar-refractivity contribution in [3.8, 4) is 0 Å². The molecule has 0 unspecified atom stereocenters. The first-order valence-electron chi connectivity index (χ1n) is 8.92. The summed E-state index contributed by atoms with van der Waals surface area (Å²) < 4.78 is 4.96. The van der Waals surface area contributed by atoms with Crippen LogP contribution in [0.1, 0.15) is 22.8 Å². The highest BCUT2D eigenvalue weighted by Gasteiger charge is 2.20. The van der Waals surface area contributed by atoms with Crippen LogP contribution < -0.4 is 4.90 Å². The molecule has 2 aromatic heterocycles. The van der Waals surface area contributed by atoms with E-state index < -0.39 is 0 Å². The van der Waals surface area contributed by atoms with Crippen molar-refractivity contribution in [2.45, 2.75) is 6.92 Å². The standard InChI is InChI=1S/C20H22N4O3/c1-2-27-20(26)17-6-7-18(22-15-17)23-10-12-24(13-11-23)19(25)8-5-16-4-3-9-21-14-16/h3-9,14-15H,2,10-13H2,1H3/b8-5+. The molecule has 0 bridgehead atoms. The molecular formula is C20H22N4O3. The third-order valence-electron chi connectivity index (χ3n) is 4.28. The molecule has 0 saturated carbocycles. The molecule has 140 valence electrons. The highest BCUT2D eigenvalue weighted by Crippen LogP contribution is 2.15. The second-order valence-corrected chi connectivity index (χ2v) is 6.06. The lowest BCUT2D eigenvalue weighted by Gasteiger charge is -2.35. The van der Waals surface area contributed by atoms with Gasteiger partial charge >= 0.3 is 5.97 Å². The van der Waals surface area contributed by atoms with Gasteiger partial charge in [0.25, 0.3) is 0 Å². The summed E-state index contributed by atoms with van der Waals surface area (Å²) in [6, 6.07) is 7.27. The number of hydrogen-bond acceptors (Lipinski definition) is 6. The first-order valence-corrected chi connectivity index (χ1v) is 8.92. The topological polar surface area (TPSA) is 75.6 Å². The maximum Gasteiger partial charge on any atom is 0.339 e. The van der Waals surface area contributed by atoms with Crippen LogP contribution in [0.3, 0.4) is 0 Å². The Morgan fingerprint density at radius 1 is 1.15 bits per heavy atom. The second kappa shape index (κ2) is 8.93. The minimum atomic E-state index is -0.368. The molecule has 1 fully saturated rings. The zero-order valence-corrected chi connectivity index (χ0v) is 15.2. The van der Waals surface area contributed by atoms with E-state index in [9.17, 15) is 9.59 Å². The summed E-state index contributed by atoms with van der Waals surface area (Å²) in [7, 11) is 0. The van der Waals surface area contributed by atoms with Gasteiger partial charge in [0.2, 0.25) is 5.91 Å². The predicted octanol–water partition coefficient (Wildman–Crippen LogP) is 2.02. The Morgan fingerprint density at radius 2 is 1.96 bits per heavy atom. The first-order chi connectivity index (χ1) is 13.2. The van der Waals surface area contributed by atoms with E-state index in [0.717, 1.165) is 11.4 Å². The van der Waals surface area contributed by atoms with Crippen molar-refractivity contribution >= 4 is 23.8 Å². The zero-order valence-electron chi connectivity index (χ0n) is 15.2.